The third-order valence-electron chi connectivity index (χ3n) is 6.79. The minimum atomic E-state index is -0.722. The summed E-state index contributed by atoms with van der Waals surface area (Å²) in [7, 11) is 1.65. The second-order valence-corrected chi connectivity index (χ2v) is 8.70. The van der Waals surface area contributed by atoms with E-state index in [9.17, 15) is 14.4 Å². The number of carbonyl (C=O) groups is 3. The molecule has 3 fully saturated rings. The van der Waals surface area contributed by atoms with Gasteiger partial charge < -0.3 is 19.9 Å². The monoisotopic (exact) mass is 428 g/mol. The largest absolute Gasteiger partial charge is 0.497 e. The number of hydrogen-bond donors (Lipinski definition) is 1. The van der Waals surface area contributed by atoms with Crippen LogP contribution in [0, 0.1) is 0 Å². The molecule has 1 N–H and O–H groups in total. The van der Waals surface area contributed by atoms with Gasteiger partial charge in [0.15, 0.2) is 0 Å². The summed E-state index contributed by atoms with van der Waals surface area (Å²) in [5.74, 6) is 0.680. The Labute approximate surface area is 183 Å². The summed E-state index contributed by atoms with van der Waals surface area (Å²) >= 11 is 0. The fourth-order valence-electron chi connectivity index (χ4n) is 4.96. The molecule has 3 aliphatic rings. The Bertz CT molecular complexity index is 819. The number of nitrogens with zero attached hydrogens (tertiary/aromatic N) is 3. The second kappa shape index (κ2) is 9.16. The molecule has 2 heterocycles. The maximum atomic E-state index is 12.9. The van der Waals surface area contributed by atoms with Crippen LogP contribution in [0.1, 0.15) is 44.9 Å². The summed E-state index contributed by atoms with van der Waals surface area (Å²) in [6.07, 6.45) is 5.48. The molecule has 1 aliphatic carbocycles. The van der Waals surface area contributed by atoms with E-state index in [2.05, 4.69) is 10.2 Å². The van der Waals surface area contributed by atoms with Crippen LogP contribution in [-0.4, -0.2) is 73.0 Å². The Morgan fingerprint density at radius 3 is 2.45 bits per heavy atom. The third-order valence-corrected chi connectivity index (χ3v) is 6.79. The van der Waals surface area contributed by atoms with Gasteiger partial charge >= 0.3 is 6.03 Å². The van der Waals surface area contributed by atoms with Gasteiger partial charge in [0, 0.05) is 44.8 Å². The van der Waals surface area contributed by atoms with Crippen molar-refractivity contribution in [1.29, 1.82) is 0 Å². The third kappa shape index (κ3) is 4.48. The van der Waals surface area contributed by atoms with Crippen LogP contribution in [0.4, 0.5) is 10.5 Å². The van der Waals surface area contributed by atoms with Crippen molar-refractivity contribution in [3.8, 4) is 5.75 Å². The molecule has 168 valence electrons. The number of urea groups is 1. The fraction of sp³-hybridized carbons (Fsp3) is 0.609. The molecular weight excluding hydrogens is 396 g/mol. The van der Waals surface area contributed by atoms with Crippen LogP contribution in [0.3, 0.4) is 0 Å². The van der Waals surface area contributed by atoms with Gasteiger partial charge in [0.25, 0.3) is 5.91 Å². The van der Waals surface area contributed by atoms with Gasteiger partial charge in [0.2, 0.25) is 5.91 Å². The fourth-order valence-corrected chi connectivity index (χ4v) is 4.96. The molecule has 1 aromatic carbocycles. The first-order valence-electron chi connectivity index (χ1n) is 11.3. The van der Waals surface area contributed by atoms with Crippen molar-refractivity contribution >= 4 is 23.5 Å². The molecule has 0 bridgehead atoms. The summed E-state index contributed by atoms with van der Waals surface area (Å²) in [4.78, 5) is 43.5. The van der Waals surface area contributed by atoms with E-state index < -0.39 is 5.54 Å². The van der Waals surface area contributed by atoms with E-state index in [-0.39, 0.29) is 30.8 Å². The van der Waals surface area contributed by atoms with E-state index in [1.165, 1.54) is 4.90 Å². The van der Waals surface area contributed by atoms with Crippen LogP contribution in [0.5, 0.6) is 5.75 Å². The van der Waals surface area contributed by atoms with Crippen molar-refractivity contribution in [2.75, 3.05) is 44.7 Å². The van der Waals surface area contributed by atoms with Crippen molar-refractivity contribution in [3.63, 3.8) is 0 Å². The smallest absolute Gasteiger partial charge is 0.325 e. The number of hydrogen-bond acceptors (Lipinski definition) is 5. The topological polar surface area (TPSA) is 82.2 Å². The predicted octanol–water partition coefficient (Wildman–Crippen LogP) is 2.38. The lowest BCUT2D eigenvalue weighted by Crippen LogP contribution is -2.48. The molecule has 1 spiro atoms. The number of benzene rings is 1. The highest BCUT2D eigenvalue weighted by Crippen LogP contribution is 2.33. The normalized spacial score (nSPS) is 21.3. The van der Waals surface area contributed by atoms with Gasteiger partial charge in [-0.15, -0.1) is 0 Å². The Hall–Kier alpha value is -2.77. The molecular formula is C23H32N4O4. The summed E-state index contributed by atoms with van der Waals surface area (Å²) in [6, 6.07) is 7.62. The average molecular weight is 429 g/mol. The lowest BCUT2D eigenvalue weighted by molar-refractivity contribution is -0.134. The summed E-state index contributed by atoms with van der Waals surface area (Å²) in [6.45, 7) is 3.12. The van der Waals surface area contributed by atoms with Crippen LogP contribution in [-0.2, 0) is 9.59 Å². The van der Waals surface area contributed by atoms with Gasteiger partial charge in [0.1, 0.15) is 11.3 Å². The van der Waals surface area contributed by atoms with Crippen LogP contribution < -0.4 is 15.0 Å². The Morgan fingerprint density at radius 2 is 1.74 bits per heavy atom. The van der Waals surface area contributed by atoms with E-state index in [0.717, 1.165) is 50.2 Å². The first-order valence-corrected chi connectivity index (χ1v) is 11.3. The molecule has 1 aromatic rings. The minimum absolute atomic E-state index is 0.00164. The van der Waals surface area contributed by atoms with Crippen molar-refractivity contribution < 1.29 is 19.1 Å². The molecule has 0 aromatic heterocycles. The number of amides is 4. The predicted molar refractivity (Wildman–Crippen MR) is 117 cm³/mol. The van der Waals surface area contributed by atoms with E-state index in [0.29, 0.717) is 25.9 Å². The molecule has 31 heavy (non-hydrogen) atoms. The maximum Gasteiger partial charge on any atom is 0.325 e. The second-order valence-electron chi connectivity index (χ2n) is 8.70. The molecule has 4 amide bonds. The van der Waals surface area contributed by atoms with Crippen LogP contribution in [0.15, 0.2) is 24.3 Å². The zero-order valence-electron chi connectivity index (χ0n) is 18.3. The molecule has 4 rings (SSSR count). The van der Waals surface area contributed by atoms with E-state index in [1.54, 1.807) is 7.11 Å². The Kier molecular flexibility index (Phi) is 6.34. The molecule has 8 nitrogen and oxygen atoms in total. The van der Waals surface area contributed by atoms with Crippen molar-refractivity contribution in [2.24, 2.45) is 0 Å². The minimum Gasteiger partial charge on any atom is -0.497 e. The zero-order chi connectivity index (χ0) is 21.8. The van der Waals surface area contributed by atoms with Gasteiger partial charge in [-0.1, -0.05) is 19.3 Å². The van der Waals surface area contributed by atoms with E-state index in [1.807, 2.05) is 29.2 Å². The molecule has 1 saturated carbocycles. The van der Waals surface area contributed by atoms with Crippen molar-refractivity contribution in [1.82, 2.24) is 15.1 Å². The van der Waals surface area contributed by atoms with Crippen LogP contribution >= 0.6 is 0 Å². The maximum absolute atomic E-state index is 12.9. The quantitative estimate of drug-likeness (QED) is 0.728. The van der Waals surface area contributed by atoms with E-state index in [4.69, 9.17) is 4.74 Å². The van der Waals surface area contributed by atoms with Gasteiger partial charge in [-0.3, -0.25) is 14.5 Å². The number of imide groups is 1. The molecule has 2 aliphatic heterocycles. The van der Waals surface area contributed by atoms with Crippen LogP contribution in [0.2, 0.25) is 0 Å². The van der Waals surface area contributed by atoms with Gasteiger partial charge in [-0.05, 0) is 43.5 Å². The molecule has 0 atom stereocenters. The number of carbonyl (C=O) groups excluding carboxylic acids is 3. The zero-order valence-corrected chi connectivity index (χ0v) is 18.3. The number of methoxy groups -OCH3 is 1. The molecule has 0 unspecified atom stereocenters. The summed E-state index contributed by atoms with van der Waals surface area (Å²) in [5, 5.41) is 2.91. The summed E-state index contributed by atoms with van der Waals surface area (Å²) < 4.78 is 5.22. The highest BCUT2D eigenvalue weighted by molar-refractivity contribution is 6.07. The van der Waals surface area contributed by atoms with Crippen molar-refractivity contribution in [3.05, 3.63) is 24.3 Å². The standard InChI is InChI=1S/C23H32N4O4/c1-31-19-8-6-18(7-9-19)25-13-5-14-26(17-16-25)20(28)10-15-27-21(29)23(24-22(27)30)11-3-2-4-12-23/h6-9H,2-5,10-17H2,1H3,(H,24,30). The Balaban J connectivity index is 1.30. The first-order chi connectivity index (χ1) is 15.0. The molecule has 8 heteroatoms. The summed E-state index contributed by atoms with van der Waals surface area (Å²) in [5.41, 5.74) is 0.395. The highest BCUT2D eigenvalue weighted by Gasteiger charge is 2.51. The highest BCUT2D eigenvalue weighted by atomic mass is 16.5. The molecule has 2 saturated heterocycles. The first kappa shape index (κ1) is 21.5. The van der Waals surface area contributed by atoms with Gasteiger partial charge in [-0.25, -0.2) is 4.79 Å². The number of anilines is 1. The Morgan fingerprint density at radius 1 is 1.00 bits per heavy atom. The molecule has 0 radical (unpaired) electrons. The lowest BCUT2D eigenvalue weighted by Gasteiger charge is -2.30. The number of nitrogens with one attached hydrogen (secondary N) is 1. The SMILES string of the molecule is COc1ccc(N2CCCN(C(=O)CCN3C(=O)NC4(CCCCC4)C3=O)CC2)cc1. The average Bonchev–Trinajstić information content (AvgIpc) is 2.96. The lowest BCUT2D eigenvalue weighted by atomic mass is 9.82. The van der Waals surface area contributed by atoms with Gasteiger partial charge in [-0.2, -0.15) is 0 Å². The van der Waals surface area contributed by atoms with Crippen LogP contribution in [0.25, 0.3) is 0 Å². The van der Waals surface area contributed by atoms with Crippen molar-refractivity contribution in [2.45, 2.75) is 50.5 Å². The number of rotatable bonds is 5. The van der Waals surface area contributed by atoms with E-state index >= 15 is 0 Å². The van der Waals surface area contributed by atoms with Gasteiger partial charge in [0.05, 0.1) is 7.11 Å². The number of ether oxygens (including phenoxy) is 1.